The van der Waals surface area contributed by atoms with Gasteiger partial charge in [-0.05, 0) is 48.7 Å². The van der Waals surface area contributed by atoms with Crippen molar-refractivity contribution < 1.29 is 9.13 Å². The highest BCUT2D eigenvalue weighted by Crippen LogP contribution is 2.22. The molecular formula is C16H19FN2O. The Labute approximate surface area is 118 Å². The lowest BCUT2D eigenvalue weighted by Gasteiger charge is -2.14. The minimum absolute atomic E-state index is 0.00833. The number of benzene rings is 1. The number of aromatic nitrogens is 1. The molecule has 2 aromatic rings. The van der Waals surface area contributed by atoms with Crippen molar-refractivity contribution in [2.45, 2.75) is 32.4 Å². The molecule has 0 saturated heterocycles. The first-order valence-electron chi connectivity index (χ1n) is 6.75. The average molecular weight is 274 g/mol. The maximum absolute atomic E-state index is 13.4. The largest absolute Gasteiger partial charge is 0.487 e. The molecule has 0 spiro atoms. The van der Waals surface area contributed by atoms with Crippen molar-refractivity contribution >= 4 is 0 Å². The molecule has 0 aliphatic carbocycles. The van der Waals surface area contributed by atoms with Crippen LogP contribution in [0.4, 0.5) is 4.39 Å². The van der Waals surface area contributed by atoms with Crippen LogP contribution in [-0.4, -0.2) is 11.0 Å². The molecule has 3 nitrogen and oxygen atoms in total. The van der Waals surface area contributed by atoms with Gasteiger partial charge in [0.1, 0.15) is 18.2 Å². The highest BCUT2D eigenvalue weighted by molar-refractivity contribution is 5.34. The van der Waals surface area contributed by atoms with Crippen LogP contribution in [0.25, 0.3) is 0 Å². The third-order valence-electron chi connectivity index (χ3n) is 3.13. The molecule has 4 heteroatoms. The molecule has 106 valence electrons. The topological polar surface area (TPSA) is 48.1 Å². The van der Waals surface area contributed by atoms with Crippen LogP contribution in [0.1, 0.15) is 24.6 Å². The van der Waals surface area contributed by atoms with Crippen molar-refractivity contribution in [3.05, 3.63) is 59.7 Å². The van der Waals surface area contributed by atoms with E-state index in [0.717, 1.165) is 17.7 Å². The summed E-state index contributed by atoms with van der Waals surface area (Å²) in [6.07, 6.45) is 3.17. The number of ether oxygens (including phenoxy) is 1. The second kappa shape index (κ2) is 7.01. The molecule has 1 unspecified atom stereocenters. The van der Waals surface area contributed by atoms with Crippen LogP contribution in [0, 0.1) is 5.82 Å². The van der Waals surface area contributed by atoms with E-state index in [1.807, 2.05) is 25.1 Å². The Hall–Kier alpha value is -1.94. The summed E-state index contributed by atoms with van der Waals surface area (Å²) in [5.41, 5.74) is 7.58. The highest BCUT2D eigenvalue weighted by atomic mass is 19.1. The van der Waals surface area contributed by atoms with Gasteiger partial charge in [0.15, 0.2) is 0 Å². The maximum atomic E-state index is 13.4. The van der Waals surface area contributed by atoms with Gasteiger partial charge < -0.3 is 10.5 Å². The first-order chi connectivity index (χ1) is 9.69. The number of nitrogens with two attached hydrogens (primary N) is 1. The molecule has 0 saturated carbocycles. The molecule has 1 aromatic heterocycles. The lowest BCUT2D eigenvalue weighted by atomic mass is 10.0. The standard InChI is InChI=1S/C16H19FN2O/c1-2-14(18)10-12-9-13(17)6-7-16(12)20-11-15-5-3-4-8-19-15/h3-9,14H,2,10-11,18H2,1H3. The lowest BCUT2D eigenvalue weighted by Crippen LogP contribution is -2.21. The van der Waals surface area contributed by atoms with Crippen molar-refractivity contribution in [2.75, 3.05) is 0 Å². The molecule has 1 heterocycles. The monoisotopic (exact) mass is 274 g/mol. The molecule has 1 atom stereocenters. The van der Waals surface area contributed by atoms with E-state index in [9.17, 15) is 4.39 Å². The molecule has 0 amide bonds. The number of pyridine rings is 1. The zero-order chi connectivity index (χ0) is 14.4. The Bertz CT molecular complexity index is 545. The molecule has 0 radical (unpaired) electrons. The van der Waals surface area contributed by atoms with E-state index in [0.29, 0.717) is 18.8 Å². The first-order valence-corrected chi connectivity index (χ1v) is 6.75. The van der Waals surface area contributed by atoms with Crippen molar-refractivity contribution in [3.63, 3.8) is 0 Å². The average Bonchev–Trinajstić information content (AvgIpc) is 2.47. The SMILES string of the molecule is CCC(N)Cc1cc(F)ccc1OCc1ccccn1. The molecule has 1 aromatic carbocycles. The van der Waals surface area contributed by atoms with Gasteiger partial charge in [0.05, 0.1) is 5.69 Å². The normalized spacial score (nSPS) is 12.2. The Morgan fingerprint density at radius 1 is 1.30 bits per heavy atom. The maximum Gasteiger partial charge on any atom is 0.130 e. The number of nitrogens with zero attached hydrogens (tertiary/aromatic N) is 1. The third-order valence-corrected chi connectivity index (χ3v) is 3.13. The van der Waals surface area contributed by atoms with Gasteiger partial charge in [0.25, 0.3) is 0 Å². The van der Waals surface area contributed by atoms with Crippen LogP contribution in [0.3, 0.4) is 0 Å². The minimum Gasteiger partial charge on any atom is -0.487 e. The van der Waals surface area contributed by atoms with Gasteiger partial charge in [0, 0.05) is 12.2 Å². The molecule has 0 bridgehead atoms. The first kappa shape index (κ1) is 14.5. The Balaban J connectivity index is 2.10. The van der Waals surface area contributed by atoms with E-state index in [4.69, 9.17) is 10.5 Å². The second-order valence-corrected chi connectivity index (χ2v) is 4.73. The summed E-state index contributed by atoms with van der Waals surface area (Å²) in [4.78, 5) is 4.19. The van der Waals surface area contributed by atoms with Crippen LogP contribution in [-0.2, 0) is 13.0 Å². The van der Waals surface area contributed by atoms with Gasteiger partial charge in [0.2, 0.25) is 0 Å². The van der Waals surface area contributed by atoms with Crippen molar-refractivity contribution in [3.8, 4) is 5.75 Å². The van der Waals surface area contributed by atoms with Crippen molar-refractivity contribution in [1.29, 1.82) is 0 Å². The summed E-state index contributed by atoms with van der Waals surface area (Å²) in [6.45, 7) is 2.37. The number of hydrogen-bond acceptors (Lipinski definition) is 3. The van der Waals surface area contributed by atoms with Crippen LogP contribution in [0.2, 0.25) is 0 Å². The summed E-state index contributed by atoms with van der Waals surface area (Å²) in [6, 6.07) is 10.2. The van der Waals surface area contributed by atoms with E-state index < -0.39 is 0 Å². The summed E-state index contributed by atoms with van der Waals surface area (Å²) >= 11 is 0. The number of halogens is 1. The van der Waals surface area contributed by atoms with E-state index in [1.54, 1.807) is 12.3 Å². The van der Waals surface area contributed by atoms with Gasteiger partial charge in [-0.1, -0.05) is 13.0 Å². The molecule has 0 aliphatic heterocycles. The summed E-state index contributed by atoms with van der Waals surface area (Å²) in [5, 5.41) is 0. The summed E-state index contributed by atoms with van der Waals surface area (Å²) in [7, 11) is 0. The van der Waals surface area contributed by atoms with Crippen molar-refractivity contribution in [1.82, 2.24) is 4.98 Å². The molecular weight excluding hydrogens is 255 g/mol. The molecule has 0 fully saturated rings. The number of rotatable bonds is 6. The predicted octanol–water partition coefficient (Wildman–Crippen LogP) is 3.08. The zero-order valence-corrected chi connectivity index (χ0v) is 11.6. The molecule has 2 N–H and O–H groups in total. The smallest absolute Gasteiger partial charge is 0.130 e. The van der Waals surface area contributed by atoms with Gasteiger partial charge in [-0.2, -0.15) is 0 Å². The summed E-state index contributed by atoms with van der Waals surface area (Å²) < 4.78 is 19.1. The Morgan fingerprint density at radius 3 is 2.85 bits per heavy atom. The Morgan fingerprint density at radius 2 is 2.15 bits per heavy atom. The van der Waals surface area contributed by atoms with E-state index >= 15 is 0 Å². The third kappa shape index (κ3) is 4.03. The molecule has 0 aliphatic rings. The van der Waals surface area contributed by atoms with Gasteiger partial charge >= 0.3 is 0 Å². The summed E-state index contributed by atoms with van der Waals surface area (Å²) in [5.74, 6) is 0.398. The fourth-order valence-corrected chi connectivity index (χ4v) is 1.91. The lowest BCUT2D eigenvalue weighted by molar-refractivity contribution is 0.297. The second-order valence-electron chi connectivity index (χ2n) is 4.73. The minimum atomic E-state index is -0.270. The van der Waals surface area contributed by atoms with Gasteiger partial charge in [-0.25, -0.2) is 4.39 Å². The van der Waals surface area contributed by atoms with Crippen LogP contribution in [0.15, 0.2) is 42.6 Å². The van der Waals surface area contributed by atoms with Crippen molar-refractivity contribution in [2.24, 2.45) is 5.73 Å². The van der Waals surface area contributed by atoms with Crippen LogP contribution in [0.5, 0.6) is 5.75 Å². The fraction of sp³-hybridized carbons (Fsp3) is 0.312. The highest BCUT2D eigenvalue weighted by Gasteiger charge is 2.10. The zero-order valence-electron chi connectivity index (χ0n) is 11.6. The van der Waals surface area contributed by atoms with Crippen LogP contribution < -0.4 is 10.5 Å². The van der Waals surface area contributed by atoms with Gasteiger partial charge in [-0.15, -0.1) is 0 Å². The van der Waals surface area contributed by atoms with E-state index in [1.165, 1.54) is 12.1 Å². The number of hydrogen-bond donors (Lipinski definition) is 1. The van der Waals surface area contributed by atoms with Gasteiger partial charge in [-0.3, -0.25) is 4.98 Å². The fourth-order valence-electron chi connectivity index (χ4n) is 1.91. The molecule has 2 rings (SSSR count). The Kier molecular flexibility index (Phi) is 5.07. The van der Waals surface area contributed by atoms with E-state index in [2.05, 4.69) is 4.98 Å². The van der Waals surface area contributed by atoms with E-state index in [-0.39, 0.29) is 11.9 Å². The predicted molar refractivity (Wildman–Crippen MR) is 76.9 cm³/mol. The van der Waals surface area contributed by atoms with Crippen LogP contribution >= 0.6 is 0 Å². The quantitative estimate of drug-likeness (QED) is 0.880. The molecule has 20 heavy (non-hydrogen) atoms.